The predicted molar refractivity (Wildman–Crippen MR) is 99.1 cm³/mol. The second-order valence-corrected chi connectivity index (χ2v) is 7.76. The van der Waals surface area contributed by atoms with Crippen molar-refractivity contribution in [1.29, 1.82) is 0 Å². The van der Waals surface area contributed by atoms with Crippen LogP contribution in [0.4, 0.5) is 5.95 Å². The summed E-state index contributed by atoms with van der Waals surface area (Å²) in [6, 6.07) is 7.97. The fraction of sp³-hybridized carbons (Fsp3) is 0.412. The minimum Gasteiger partial charge on any atom is -0.497 e. The Morgan fingerprint density at radius 2 is 1.41 bits per heavy atom. The summed E-state index contributed by atoms with van der Waals surface area (Å²) < 4.78 is 42.5. The Balaban J connectivity index is 1.73. The summed E-state index contributed by atoms with van der Waals surface area (Å²) >= 11 is 0. The highest BCUT2D eigenvalue weighted by Gasteiger charge is 2.29. The molecule has 0 atom stereocenters. The van der Waals surface area contributed by atoms with Gasteiger partial charge in [-0.25, -0.2) is 8.42 Å². The first-order valence-corrected chi connectivity index (χ1v) is 9.78. The Kier molecular flexibility index (Phi) is 5.66. The predicted octanol–water partition coefficient (Wildman–Crippen LogP) is 1.01. The molecule has 1 aliphatic heterocycles. The van der Waals surface area contributed by atoms with Crippen LogP contribution in [0.2, 0.25) is 0 Å². The number of methoxy groups -OCH3 is 3. The standard InChI is InChI=1S/C17H22N4O5S/c1-24-13-4-6-14(7-5-13)27(22,23)21-10-8-20(9-11-21)17-18-15(25-2)12-16(19-17)26-3/h4-7,12H,8-11H2,1-3H3. The lowest BCUT2D eigenvalue weighted by Gasteiger charge is -2.34. The summed E-state index contributed by atoms with van der Waals surface area (Å²) in [6.07, 6.45) is 0. The van der Waals surface area contributed by atoms with E-state index in [1.807, 2.05) is 4.90 Å². The van der Waals surface area contributed by atoms with Crippen molar-refractivity contribution in [3.05, 3.63) is 30.3 Å². The third-order valence-electron chi connectivity index (χ3n) is 4.30. The molecule has 1 aromatic carbocycles. The van der Waals surface area contributed by atoms with Crippen LogP contribution in [0.5, 0.6) is 17.5 Å². The maximum atomic E-state index is 12.8. The lowest BCUT2D eigenvalue weighted by molar-refractivity contribution is 0.362. The first-order chi connectivity index (χ1) is 13.0. The van der Waals surface area contributed by atoms with Gasteiger partial charge in [0.15, 0.2) is 0 Å². The lowest BCUT2D eigenvalue weighted by atomic mass is 10.3. The van der Waals surface area contributed by atoms with E-state index in [4.69, 9.17) is 14.2 Å². The van der Waals surface area contributed by atoms with E-state index in [0.29, 0.717) is 49.6 Å². The number of hydrogen-bond donors (Lipinski definition) is 0. The molecule has 0 saturated carbocycles. The molecule has 9 nitrogen and oxygen atoms in total. The highest BCUT2D eigenvalue weighted by atomic mass is 32.2. The van der Waals surface area contributed by atoms with Crippen molar-refractivity contribution in [2.24, 2.45) is 0 Å². The Morgan fingerprint density at radius 3 is 1.89 bits per heavy atom. The number of rotatable bonds is 6. The van der Waals surface area contributed by atoms with Gasteiger partial charge in [-0.3, -0.25) is 0 Å². The highest BCUT2D eigenvalue weighted by Crippen LogP contribution is 2.24. The van der Waals surface area contributed by atoms with E-state index in [-0.39, 0.29) is 4.90 Å². The number of hydrogen-bond acceptors (Lipinski definition) is 8. The van der Waals surface area contributed by atoms with Gasteiger partial charge in [-0.05, 0) is 24.3 Å². The molecular formula is C17H22N4O5S. The van der Waals surface area contributed by atoms with Crippen molar-refractivity contribution in [1.82, 2.24) is 14.3 Å². The van der Waals surface area contributed by atoms with Crippen LogP contribution < -0.4 is 19.1 Å². The molecule has 3 rings (SSSR count). The molecule has 0 radical (unpaired) electrons. The molecule has 0 bridgehead atoms. The Hall–Kier alpha value is -2.59. The summed E-state index contributed by atoms with van der Waals surface area (Å²) in [5.74, 6) is 1.85. The van der Waals surface area contributed by atoms with Crippen molar-refractivity contribution in [2.45, 2.75) is 4.90 Å². The molecule has 1 aliphatic rings. The Labute approximate surface area is 158 Å². The van der Waals surface area contributed by atoms with Crippen LogP contribution in [0.1, 0.15) is 0 Å². The van der Waals surface area contributed by atoms with E-state index in [1.54, 1.807) is 37.4 Å². The zero-order chi connectivity index (χ0) is 19.4. The number of piperazine rings is 1. The molecule has 0 aliphatic carbocycles. The van der Waals surface area contributed by atoms with Crippen LogP contribution in [0.3, 0.4) is 0 Å². The number of aromatic nitrogens is 2. The van der Waals surface area contributed by atoms with E-state index in [0.717, 1.165) is 0 Å². The quantitative estimate of drug-likeness (QED) is 0.717. The number of sulfonamides is 1. The number of anilines is 1. The molecule has 27 heavy (non-hydrogen) atoms. The minimum absolute atomic E-state index is 0.246. The van der Waals surface area contributed by atoms with Gasteiger partial charge < -0.3 is 19.1 Å². The maximum absolute atomic E-state index is 12.8. The monoisotopic (exact) mass is 394 g/mol. The Bertz CT molecular complexity index is 858. The van der Waals surface area contributed by atoms with Gasteiger partial charge in [0.25, 0.3) is 0 Å². The first-order valence-electron chi connectivity index (χ1n) is 8.34. The van der Waals surface area contributed by atoms with Gasteiger partial charge >= 0.3 is 0 Å². The fourth-order valence-electron chi connectivity index (χ4n) is 2.77. The largest absolute Gasteiger partial charge is 0.497 e. The molecular weight excluding hydrogens is 372 g/mol. The van der Waals surface area contributed by atoms with Crippen molar-refractivity contribution in [2.75, 3.05) is 52.4 Å². The van der Waals surface area contributed by atoms with Crippen molar-refractivity contribution in [3.8, 4) is 17.5 Å². The van der Waals surface area contributed by atoms with Gasteiger partial charge in [0.1, 0.15) is 5.75 Å². The first kappa shape index (κ1) is 19.2. The maximum Gasteiger partial charge on any atom is 0.243 e. The molecule has 10 heteroatoms. The van der Waals surface area contributed by atoms with Crippen LogP contribution in [0.15, 0.2) is 35.2 Å². The van der Waals surface area contributed by atoms with E-state index < -0.39 is 10.0 Å². The van der Waals surface area contributed by atoms with Crippen LogP contribution in [-0.4, -0.2) is 70.2 Å². The third kappa shape index (κ3) is 4.06. The molecule has 0 amide bonds. The topological polar surface area (TPSA) is 94.1 Å². The molecule has 0 unspecified atom stereocenters. The minimum atomic E-state index is -3.56. The molecule has 0 N–H and O–H groups in total. The number of nitrogens with zero attached hydrogens (tertiary/aromatic N) is 4. The smallest absolute Gasteiger partial charge is 0.243 e. The van der Waals surface area contributed by atoms with Gasteiger partial charge in [-0.2, -0.15) is 14.3 Å². The van der Waals surface area contributed by atoms with E-state index in [2.05, 4.69) is 9.97 Å². The SMILES string of the molecule is COc1ccc(S(=O)(=O)N2CCN(c3nc(OC)cc(OC)n3)CC2)cc1. The Morgan fingerprint density at radius 1 is 0.852 bits per heavy atom. The van der Waals surface area contributed by atoms with Gasteiger partial charge in [-0.15, -0.1) is 0 Å². The van der Waals surface area contributed by atoms with E-state index >= 15 is 0 Å². The van der Waals surface area contributed by atoms with Crippen LogP contribution >= 0.6 is 0 Å². The third-order valence-corrected chi connectivity index (χ3v) is 6.22. The molecule has 2 aromatic rings. The zero-order valence-electron chi connectivity index (χ0n) is 15.5. The summed E-state index contributed by atoms with van der Waals surface area (Å²) in [7, 11) is 1.02. The second-order valence-electron chi connectivity index (χ2n) is 5.82. The molecule has 2 heterocycles. The molecule has 1 aromatic heterocycles. The van der Waals surface area contributed by atoms with Gasteiger partial charge in [0.2, 0.25) is 27.7 Å². The van der Waals surface area contributed by atoms with E-state index in [1.165, 1.54) is 18.5 Å². The average molecular weight is 394 g/mol. The summed E-state index contributed by atoms with van der Waals surface area (Å²) in [5.41, 5.74) is 0. The molecule has 0 spiro atoms. The van der Waals surface area contributed by atoms with Gasteiger partial charge in [0.05, 0.1) is 32.3 Å². The summed E-state index contributed by atoms with van der Waals surface area (Å²) in [4.78, 5) is 10.8. The summed E-state index contributed by atoms with van der Waals surface area (Å²) in [5, 5.41) is 0. The van der Waals surface area contributed by atoms with Gasteiger partial charge in [-0.1, -0.05) is 0 Å². The van der Waals surface area contributed by atoms with Crippen molar-refractivity contribution >= 4 is 16.0 Å². The fourth-order valence-corrected chi connectivity index (χ4v) is 4.19. The normalized spacial score (nSPS) is 15.4. The number of benzene rings is 1. The second kappa shape index (κ2) is 7.97. The number of ether oxygens (including phenoxy) is 3. The van der Waals surface area contributed by atoms with Crippen molar-refractivity contribution < 1.29 is 22.6 Å². The molecule has 1 saturated heterocycles. The van der Waals surface area contributed by atoms with Crippen LogP contribution in [0.25, 0.3) is 0 Å². The van der Waals surface area contributed by atoms with Crippen LogP contribution in [0, 0.1) is 0 Å². The average Bonchev–Trinajstić information content (AvgIpc) is 2.73. The molecule has 1 fully saturated rings. The van der Waals surface area contributed by atoms with Gasteiger partial charge in [0, 0.05) is 26.2 Å². The highest BCUT2D eigenvalue weighted by molar-refractivity contribution is 7.89. The lowest BCUT2D eigenvalue weighted by Crippen LogP contribution is -2.49. The summed E-state index contributed by atoms with van der Waals surface area (Å²) in [6.45, 7) is 1.59. The zero-order valence-corrected chi connectivity index (χ0v) is 16.3. The molecule has 146 valence electrons. The van der Waals surface area contributed by atoms with Crippen LogP contribution in [-0.2, 0) is 10.0 Å². The van der Waals surface area contributed by atoms with Crippen molar-refractivity contribution in [3.63, 3.8) is 0 Å². The van der Waals surface area contributed by atoms with E-state index in [9.17, 15) is 8.42 Å².